The number of hydrogen-bond acceptors (Lipinski definition) is 5. The van der Waals surface area contributed by atoms with Gasteiger partial charge in [0, 0.05) is 30.0 Å². The molecule has 2 amide bonds. The van der Waals surface area contributed by atoms with Crippen molar-refractivity contribution in [2.24, 2.45) is 0 Å². The smallest absolute Gasteiger partial charge is 0.275 e. The Morgan fingerprint density at radius 2 is 1.92 bits per heavy atom. The van der Waals surface area contributed by atoms with Crippen LogP contribution in [0.3, 0.4) is 0 Å². The van der Waals surface area contributed by atoms with Crippen molar-refractivity contribution in [2.75, 3.05) is 39.4 Å². The average molecular weight is 511 g/mol. The summed E-state index contributed by atoms with van der Waals surface area (Å²) in [6.07, 6.45) is 3.31. The van der Waals surface area contributed by atoms with Gasteiger partial charge in [-0.2, -0.15) is 5.10 Å². The van der Waals surface area contributed by atoms with Crippen molar-refractivity contribution in [3.63, 3.8) is 0 Å². The molecule has 1 aromatic heterocycles. The molecule has 8 nitrogen and oxygen atoms in total. The second-order valence-electron chi connectivity index (χ2n) is 9.69. The molecule has 0 unspecified atom stereocenters. The molecule has 1 N–H and O–H groups in total. The zero-order valence-electron chi connectivity index (χ0n) is 20.5. The Balaban J connectivity index is 1.38. The summed E-state index contributed by atoms with van der Waals surface area (Å²) in [7, 11) is 0. The zero-order chi connectivity index (χ0) is 25.1. The van der Waals surface area contributed by atoms with Crippen molar-refractivity contribution >= 4 is 34.3 Å². The van der Waals surface area contributed by atoms with Crippen LogP contribution < -0.4 is 4.74 Å². The molecule has 3 heterocycles. The molecule has 36 heavy (non-hydrogen) atoms. The number of rotatable bonds is 6. The van der Waals surface area contributed by atoms with E-state index in [-0.39, 0.29) is 31.4 Å². The molecule has 2 aromatic carbocycles. The molecule has 3 aromatic rings. The Kier molecular flexibility index (Phi) is 7.16. The fourth-order valence-electron chi connectivity index (χ4n) is 4.99. The molecule has 2 fully saturated rings. The summed E-state index contributed by atoms with van der Waals surface area (Å²) >= 11 is 6.17. The number of nitrogens with one attached hydrogen (secondary N) is 1. The molecule has 2 aliphatic rings. The lowest BCUT2D eigenvalue weighted by Gasteiger charge is -2.43. The third kappa shape index (κ3) is 5.20. The number of benzene rings is 2. The standard InChI is InChI=1S/C27H31ClN4O4/c1-19-15-20(9-10-22(19)28)35-18-27(16-24(33)31-11-5-2-6-12-31)17-32(13-14-36-27)26(34)25-21-7-3-4-8-23(21)29-30-25/h3-4,7-10,15H,2,5-6,11-14,16-18H2,1H3,(H,29,30)/t27-/m1/s1. The molecule has 0 aliphatic carbocycles. The van der Waals surface area contributed by atoms with E-state index in [1.165, 1.54) is 0 Å². The number of para-hydroxylation sites is 1. The van der Waals surface area contributed by atoms with Crippen LogP contribution in [-0.4, -0.2) is 76.8 Å². The van der Waals surface area contributed by atoms with Crippen molar-refractivity contribution < 1.29 is 19.1 Å². The van der Waals surface area contributed by atoms with Crippen LogP contribution >= 0.6 is 11.6 Å². The number of piperidine rings is 1. The minimum Gasteiger partial charge on any atom is -0.490 e. The summed E-state index contributed by atoms with van der Waals surface area (Å²) < 4.78 is 12.4. The van der Waals surface area contributed by atoms with E-state index >= 15 is 0 Å². The molecule has 0 saturated carbocycles. The highest BCUT2D eigenvalue weighted by Crippen LogP contribution is 2.29. The van der Waals surface area contributed by atoms with Crippen molar-refractivity contribution in [1.29, 1.82) is 0 Å². The Bertz CT molecular complexity index is 1260. The molecule has 2 saturated heterocycles. The van der Waals surface area contributed by atoms with E-state index in [4.69, 9.17) is 21.1 Å². The van der Waals surface area contributed by atoms with Crippen molar-refractivity contribution in [3.05, 3.63) is 58.7 Å². The van der Waals surface area contributed by atoms with Gasteiger partial charge >= 0.3 is 0 Å². The Morgan fingerprint density at radius 3 is 2.72 bits per heavy atom. The summed E-state index contributed by atoms with van der Waals surface area (Å²) in [5.74, 6) is 0.491. The first-order valence-electron chi connectivity index (χ1n) is 12.5. The lowest BCUT2D eigenvalue weighted by atomic mass is 9.95. The van der Waals surface area contributed by atoms with E-state index in [1.54, 1.807) is 17.0 Å². The van der Waals surface area contributed by atoms with Crippen molar-refractivity contribution in [2.45, 2.75) is 38.2 Å². The fraction of sp³-hybridized carbons (Fsp3) is 0.444. The quantitative estimate of drug-likeness (QED) is 0.536. The van der Waals surface area contributed by atoms with Gasteiger partial charge in [-0.05, 0) is 56.0 Å². The maximum Gasteiger partial charge on any atom is 0.275 e. The number of fused-ring (bicyclic) bond motifs is 1. The number of halogens is 1. The molecule has 5 rings (SSSR count). The van der Waals surface area contributed by atoms with Gasteiger partial charge in [-0.3, -0.25) is 14.7 Å². The summed E-state index contributed by atoms with van der Waals surface area (Å²) in [6.45, 7) is 4.53. The van der Waals surface area contributed by atoms with Crippen molar-refractivity contribution in [1.82, 2.24) is 20.0 Å². The number of aryl methyl sites for hydroxylation is 1. The Morgan fingerprint density at radius 1 is 1.11 bits per heavy atom. The van der Waals surface area contributed by atoms with E-state index in [0.717, 1.165) is 48.8 Å². The molecule has 1 atom stereocenters. The summed E-state index contributed by atoms with van der Waals surface area (Å²) in [6, 6.07) is 13.0. The summed E-state index contributed by atoms with van der Waals surface area (Å²) in [5.41, 5.74) is 1.11. The normalized spacial score (nSPS) is 20.5. The Hall–Kier alpha value is -3.10. The summed E-state index contributed by atoms with van der Waals surface area (Å²) in [4.78, 5) is 30.5. The van der Waals surface area contributed by atoms with Crippen LogP contribution in [0.15, 0.2) is 42.5 Å². The number of ether oxygens (including phenoxy) is 2. The highest BCUT2D eigenvalue weighted by atomic mass is 35.5. The number of aromatic nitrogens is 2. The molecule has 2 aliphatic heterocycles. The molecule has 0 radical (unpaired) electrons. The average Bonchev–Trinajstić information content (AvgIpc) is 3.34. The van der Waals surface area contributed by atoms with Crippen LogP contribution in [0.4, 0.5) is 0 Å². The maximum absolute atomic E-state index is 13.5. The van der Waals surface area contributed by atoms with Gasteiger partial charge in [-0.1, -0.05) is 29.8 Å². The van der Waals surface area contributed by atoms with E-state index in [2.05, 4.69) is 10.2 Å². The highest BCUT2D eigenvalue weighted by molar-refractivity contribution is 6.31. The summed E-state index contributed by atoms with van der Waals surface area (Å²) in [5, 5.41) is 8.66. The van der Waals surface area contributed by atoms with Crippen LogP contribution in [-0.2, 0) is 9.53 Å². The van der Waals surface area contributed by atoms with Gasteiger partial charge in [0.25, 0.3) is 5.91 Å². The monoisotopic (exact) mass is 510 g/mol. The molecule has 9 heteroatoms. The number of carbonyl (C=O) groups is 2. The Labute approximate surface area is 215 Å². The van der Waals surface area contributed by atoms with Gasteiger partial charge in [-0.25, -0.2) is 0 Å². The number of likely N-dealkylation sites (tertiary alicyclic amines) is 1. The first-order chi connectivity index (χ1) is 17.4. The number of aromatic amines is 1. The molecule has 0 bridgehead atoms. The number of carbonyl (C=O) groups excluding carboxylic acids is 2. The lowest BCUT2D eigenvalue weighted by Crippen LogP contribution is -2.58. The SMILES string of the molecule is Cc1cc(OC[C@@]2(CC(=O)N3CCCCC3)CN(C(=O)c3n[nH]c4ccccc34)CCO2)ccc1Cl. The second kappa shape index (κ2) is 10.5. The predicted octanol–water partition coefficient (Wildman–Crippen LogP) is 4.22. The first kappa shape index (κ1) is 24.6. The van der Waals surface area contributed by atoms with Gasteiger partial charge in [0.15, 0.2) is 5.69 Å². The predicted molar refractivity (Wildman–Crippen MR) is 137 cm³/mol. The van der Waals surface area contributed by atoms with Gasteiger partial charge in [0.1, 0.15) is 18.0 Å². The van der Waals surface area contributed by atoms with Crippen LogP contribution in [0.5, 0.6) is 5.75 Å². The minimum atomic E-state index is -0.970. The van der Waals surface area contributed by atoms with Gasteiger partial charge in [-0.15, -0.1) is 0 Å². The minimum absolute atomic E-state index is 0.0325. The maximum atomic E-state index is 13.5. The number of H-pyrrole nitrogens is 1. The number of morpholine rings is 1. The molecular formula is C27H31ClN4O4. The van der Waals surface area contributed by atoms with Crippen LogP contribution in [0.25, 0.3) is 10.9 Å². The van der Waals surface area contributed by atoms with E-state index in [1.807, 2.05) is 42.2 Å². The van der Waals surface area contributed by atoms with Gasteiger partial charge in [0.05, 0.1) is 25.1 Å². The molecule has 0 spiro atoms. The van der Waals surface area contributed by atoms with Crippen LogP contribution in [0.1, 0.15) is 41.7 Å². The molecular weight excluding hydrogens is 480 g/mol. The highest BCUT2D eigenvalue weighted by Gasteiger charge is 2.43. The van der Waals surface area contributed by atoms with Crippen molar-refractivity contribution in [3.8, 4) is 5.75 Å². The van der Waals surface area contributed by atoms with E-state index < -0.39 is 5.60 Å². The van der Waals surface area contributed by atoms with Crippen LogP contribution in [0, 0.1) is 6.92 Å². The zero-order valence-corrected chi connectivity index (χ0v) is 21.2. The largest absolute Gasteiger partial charge is 0.490 e. The van der Waals surface area contributed by atoms with Gasteiger partial charge < -0.3 is 19.3 Å². The van der Waals surface area contributed by atoms with E-state index in [9.17, 15) is 9.59 Å². The number of amides is 2. The van der Waals surface area contributed by atoms with E-state index in [0.29, 0.717) is 29.6 Å². The van der Waals surface area contributed by atoms with Gasteiger partial charge in [0.2, 0.25) is 5.91 Å². The second-order valence-corrected chi connectivity index (χ2v) is 10.1. The lowest BCUT2D eigenvalue weighted by molar-refractivity contribution is -0.153. The third-order valence-corrected chi connectivity index (χ3v) is 7.45. The van der Waals surface area contributed by atoms with Crippen LogP contribution in [0.2, 0.25) is 5.02 Å². The number of hydrogen-bond donors (Lipinski definition) is 1. The fourth-order valence-corrected chi connectivity index (χ4v) is 5.11. The number of nitrogens with zero attached hydrogens (tertiary/aromatic N) is 3. The first-order valence-corrected chi connectivity index (χ1v) is 12.8. The third-order valence-electron chi connectivity index (χ3n) is 7.02. The molecule has 190 valence electrons. The topological polar surface area (TPSA) is 87.8 Å².